The minimum atomic E-state index is -0.356. The zero-order valence-electron chi connectivity index (χ0n) is 13.8. The molecule has 1 aromatic heterocycles. The first-order valence-corrected chi connectivity index (χ1v) is 7.61. The van der Waals surface area contributed by atoms with Gasteiger partial charge in [0.05, 0.1) is 20.8 Å². The summed E-state index contributed by atoms with van der Waals surface area (Å²) in [6.07, 6.45) is 0. The monoisotopic (exact) mass is 330 g/mol. The fourth-order valence-electron chi connectivity index (χ4n) is 2.55. The van der Waals surface area contributed by atoms with Crippen LogP contribution in [-0.2, 0) is 6.54 Å². The van der Waals surface area contributed by atoms with Crippen molar-refractivity contribution in [2.24, 2.45) is 0 Å². The summed E-state index contributed by atoms with van der Waals surface area (Å²) in [6, 6.07) is 10.3. The van der Waals surface area contributed by atoms with E-state index in [4.69, 9.17) is 13.9 Å². The van der Waals surface area contributed by atoms with Crippen LogP contribution in [0.4, 0.5) is 4.39 Å². The van der Waals surface area contributed by atoms with Gasteiger partial charge in [-0.25, -0.2) is 9.37 Å². The molecule has 0 aliphatic heterocycles. The molecular weight excluding hydrogens is 311 g/mol. The van der Waals surface area contributed by atoms with E-state index >= 15 is 0 Å². The van der Waals surface area contributed by atoms with Gasteiger partial charge in [-0.2, -0.15) is 0 Å². The maximum absolute atomic E-state index is 14.3. The molecule has 1 atom stereocenters. The minimum Gasteiger partial charge on any atom is -0.493 e. The second-order valence-electron chi connectivity index (χ2n) is 5.41. The Balaban J connectivity index is 1.75. The van der Waals surface area contributed by atoms with Crippen LogP contribution >= 0.6 is 0 Å². The van der Waals surface area contributed by atoms with Gasteiger partial charge in [-0.05, 0) is 25.1 Å². The largest absolute Gasteiger partial charge is 0.493 e. The number of nitrogens with zero attached hydrogens (tertiary/aromatic N) is 1. The molecule has 0 spiro atoms. The fraction of sp³-hybridized carbons (Fsp3) is 0.278. The van der Waals surface area contributed by atoms with Crippen molar-refractivity contribution in [1.82, 2.24) is 10.3 Å². The molecule has 126 valence electrons. The molecule has 0 aliphatic carbocycles. The van der Waals surface area contributed by atoms with Crippen LogP contribution in [0, 0.1) is 5.82 Å². The Morgan fingerprint density at radius 3 is 2.58 bits per heavy atom. The van der Waals surface area contributed by atoms with Crippen molar-refractivity contribution in [2.75, 3.05) is 14.2 Å². The maximum atomic E-state index is 14.3. The van der Waals surface area contributed by atoms with E-state index in [1.54, 1.807) is 6.07 Å². The molecule has 0 saturated heterocycles. The normalized spacial score (nSPS) is 12.3. The summed E-state index contributed by atoms with van der Waals surface area (Å²) in [5.74, 6) is 1.06. The number of halogens is 1. The second-order valence-corrected chi connectivity index (χ2v) is 5.41. The summed E-state index contributed by atoms with van der Waals surface area (Å²) >= 11 is 0. The second kappa shape index (κ2) is 6.88. The summed E-state index contributed by atoms with van der Waals surface area (Å²) in [6.45, 7) is 2.26. The minimum absolute atomic E-state index is 0.250. The van der Waals surface area contributed by atoms with Crippen LogP contribution in [0.1, 0.15) is 24.4 Å². The molecule has 2 aromatic carbocycles. The molecule has 0 aliphatic rings. The van der Waals surface area contributed by atoms with Gasteiger partial charge in [-0.1, -0.05) is 12.1 Å². The Morgan fingerprint density at radius 1 is 1.17 bits per heavy atom. The van der Waals surface area contributed by atoms with E-state index in [2.05, 4.69) is 10.3 Å². The Bertz CT molecular complexity index is 814. The number of aromatic nitrogens is 1. The van der Waals surface area contributed by atoms with Gasteiger partial charge in [0.15, 0.2) is 17.1 Å². The van der Waals surface area contributed by atoms with Gasteiger partial charge >= 0.3 is 0 Å². The molecule has 24 heavy (non-hydrogen) atoms. The third kappa shape index (κ3) is 3.19. The van der Waals surface area contributed by atoms with Crippen molar-refractivity contribution in [3.05, 3.63) is 53.7 Å². The molecule has 6 heteroatoms. The van der Waals surface area contributed by atoms with E-state index in [9.17, 15) is 4.39 Å². The molecule has 0 bridgehead atoms. The number of hydrogen-bond donors (Lipinski definition) is 1. The van der Waals surface area contributed by atoms with Crippen molar-refractivity contribution in [1.29, 1.82) is 0 Å². The van der Waals surface area contributed by atoms with Gasteiger partial charge in [-0.15, -0.1) is 0 Å². The molecule has 1 N–H and O–H groups in total. The van der Waals surface area contributed by atoms with E-state index < -0.39 is 0 Å². The SMILES string of the molecule is COc1cc(F)c(C(C)NCc2nc3ccccc3o2)cc1OC. The maximum Gasteiger partial charge on any atom is 0.209 e. The summed E-state index contributed by atoms with van der Waals surface area (Å²) < 4.78 is 30.3. The Hall–Kier alpha value is -2.60. The predicted octanol–water partition coefficient (Wildman–Crippen LogP) is 3.83. The molecule has 0 radical (unpaired) electrons. The lowest BCUT2D eigenvalue weighted by Crippen LogP contribution is -2.19. The lowest BCUT2D eigenvalue weighted by atomic mass is 10.1. The number of benzene rings is 2. The first-order valence-electron chi connectivity index (χ1n) is 7.61. The third-order valence-electron chi connectivity index (χ3n) is 3.87. The Kier molecular flexibility index (Phi) is 4.66. The number of nitrogens with one attached hydrogen (secondary N) is 1. The summed E-state index contributed by atoms with van der Waals surface area (Å²) in [7, 11) is 3.00. The summed E-state index contributed by atoms with van der Waals surface area (Å²) in [5, 5.41) is 3.21. The number of fused-ring (bicyclic) bond motifs is 1. The molecule has 3 aromatic rings. The number of para-hydroxylation sites is 2. The molecular formula is C18H19FN2O3. The van der Waals surface area contributed by atoms with Crippen LogP contribution in [0.5, 0.6) is 11.5 Å². The Morgan fingerprint density at radius 2 is 1.88 bits per heavy atom. The molecule has 0 saturated carbocycles. The first-order chi connectivity index (χ1) is 11.6. The Labute approximate surface area is 139 Å². The van der Waals surface area contributed by atoms with Gasteiger partial charge in [-0.3, -0.25) is 0 Å². The summed E-state index contributed by atoms with van der Waals surface area (Å²) in [5.41, 5.74) is 2.03. The van der Waals surface area contributed by atoms with Gasteiger partial charge in [0, 0.05) is 17.7 Å². The van der Waals surface area contributed by atoms with Crippen molar-refractivity contribution in [3.63, 3.8) is 0 Å². The van der Waals surface area contributed by atoms with Crippen LogP contribution in [0.25, 0.3) is 11.1 Å². The molecule has 0 fully saturated rings. The first kappa shape index (κ1) is 16.3. The van der Waals surface area contributed by atoms with Crippen molar-refractivity contribution < 1.29 is 18.3 Å². The molecule has 1 unspecified atom stereocenters. The number of rotatable bonds is 6. The van der Waals surface area contributed by atoms with Crippen LogP contribution in [-0.4, -0.2) is 19.2 Å². The topological polar surface area (TPSA) is 56.5 Å². The van der Waals surface area contributed by atoms with E-state index in [1.807, 2.05) is 31.2 Å². The van der Waals surface area contributed by atoms with Crippen molar-refractivity contribution in [3.8, 4) is 11.5 Å². The zero-order valence-corrected chi connectivity index (χ0v) is 13.8. The van der Waals surface area contributed by atoms with Crippen LogP contribution in [0.15, 0.2) is 40.8 Å². The van der Waals surface area contributed by atoms with E-state index in [0.717, 1.165) is 11.1 Å². The smallest absolute Gasteiger partial charge is 0.209 e. The lowest BCUT2D eigenvalue weighted by molar-refractivity contribution is 0.350. The molecule has 3 rings (SSSR count). The quantitative estimate of drug-likeness (QED) is 0.744. The molecule has 0 amide bonds. The number of methoxy groups -OCH3 is 2. The fourth-order valence-corrected chi connectivity index (χ4v) is 2.55. The van der Waals surface area contributed by atoms with Crippen LogP contribution in [0.3, 0.4) is 0 Å². The lowest BCUT2D eigenvalue weighted by Gasteiger charge is -2.16. The average molecular weight is 330 g/mol. The highest BCUT2D eigenvalue weighted by Crippen LogP contribution is 2.32. The molecule has 1 heterocycles. The standard InChI is InChI=1S/C18H19FN2O3/c1-11(12-8-16(22-2)17(23-3)9-13(12)19)20-10-18-21-14-6-4-5-7-15(14)24-18/h4-9,11,20H,10H2,1-3H3. The van der Waals surface area contributed by atoms with E-state index in [-0.39, 0.29) is 11.9 Å². The predicted molar refractivity (Wildman–Crippen MR) is 88.8 cm³/mol. The average Bonchev–Trinajstić information content (AvgIpc) is 3.02. The van der Waals surface area contributed by atoms with E-state index in [0.29, 0.717) is 29.5 Å². The van der Waals surface area contributed by atoms with Gasteiger partial charge in [0.2, 0.25) is 5.89 Å². The van der Waals surface area contributed by atoms with Gasteiger partial charge in [0.25, 0.3) is 0 Å². The van der Waals surface area contributed by atoms with Crippen LogP contribution in [0.2, 0.25) is 0 Å². The van der Waals surface area contributed by atoms with Crippen molar-refractivity contribution >= 4 is 11.1 Å². The van der Waals surface area contributed by atoms with E-state index in [1.165, 1.54) is 20.3 Å². The number of oxazole rings is 1. The highest BCUT2D eigenvalue weighted by atomic mass is 19.1. The number of ether oxygens (including phenoxy) is 2. The summed E-state index contributed by atoms with van der Waals surface area (Å²) in [4.78, 5) is 4.39. The highest BCUT2D eigenvalue weighted by Gasteiger charge is 2.16. The zero-order chi connectivity index (χ0) is 17.1. The van der Waals surface area contributed by atoms with Crippen molar-refractivity contribution in [2.45, 2.75) is 19.5 Å². The van der Waals surface area contributed by atoms with Gasteiger partial charge in [0.1, 0.15) is 11.3 Å². The van der Waals surface area contributed by atoms with Crippen LogP contribution < -0.4 is 14.8 Å². The van der Waals surface area contributed by atoms with Gasteiger partial charge < -0.3 is 19.2 Å². The highest BCUT2D eigenvalue weighted by molar-refractivity contribution is 5.72. The number of hydrogen-bond acceptors (Lipinski definition) is 5. The third-order valence-corrected chi connectivity index (χ3v) is 3.87. The molecule has 5 nitrogen and oxygen atoms in total.